The molecule has 7 nitrogen and oxygen atoms in total. The molecule has 0 aromatic carbocycles. The largest absolute Gasteiger partial charge is 0.379 e. The van der Waals surface area contributed by atoms with E-state index in [0.717, 1.165) is 58.8 Å². The number of ether oxygens (including phenoxy) is 1. The molecule has 3 aliphatic heterocycles. The van der Waals surface area contributed by atoms with Crippen LogP contribution in [0.4, 0.5) is 0 Å². The van der Waals surface area contributed by atoms with Crippen molar-refractivity contribution in [2.24, 2.45) is 10.2 Å². The third kappa shape index (κ3) is 3.80. The summed E-state index contributed by atoms with van der Waals surface area (Å²) in [7, 11) is 0. The highest BCUT2D eigenvalue weighted by Gasteiger charge is 2.31. The van der Waals surface area contributed by atoms with E-state index in [1.165, 1.54) is 0 Å². The van der Waals surface area contributed by atoms with Crippen molar-refractivity contribution in [3.63, 3.8) is 0 Å². The number of likely N-dealkylation sites (tertiary alicyclic amines) is 1. The van der Waals surface area contributed by atoms with Gasteiger partial charge in [0, 0.05) is 39.1 Å². The van der Waals surface area contributed by atoms with Gasteiger partial charge in [-0.25, -0.2) is 0 Å². The minimum absolute atomic E-state index is 0.0979. The van der Waals surface area contributed by atoms with Crippen molar-refractivity contribution in [1.82, 2.24) is 14.7 Å². The van der Waals surface area contributed by atoms with Crippen LogP contribution in [0.3, 0.4) is 0 Å². The first kappa shape index (κ1) is 15.8. The van der Waals surface area contributed by atoms with Crippen molar-refractivity contribution in [1.29, 1.82) is 0 Å². The molecular formula is C14H23N5O2S. The van der Waals surface area contributed by atoms with Crippen molar-refractivity contribution >= 4 is 23.2 Å². The summed E-state index contributed by atoms with van der Waals surface area (Å²) in [6.45, 7) is 6.99. The lowest BCUT2D eigenvalue weighted by atomic mass is 10.3. The van der Waals surface area contributed by atoms with Gasteiger partial charge in [-0.05, 0) is 25.1 Å². The van der Waals surface area contributed by atoms with Gasteiger partial charge < -0.3 is 14.5 Å². The molecule has 0 bridgehead atoms. The third-order valence-electron chi connectivity index (χ3n) is 4.41. The van der Waals surface area contributed by atoms with E-state index in [1.807, 2.05) is 4.90 Å². The fourth-order valence-electron chi connectivity index (χ4n) is 3.13. The summed E-state index contributed by atoms with van der Waals surface area (Å²) in [4.78, 5) is 18.1. The molecule has 3 aliphatic rings. The van der Waals surface area contributed by atoms with E-state index >= 15 is 0 Å². The van der Waals surface area contributed by atoms with Gasteiger partial charge >= 0.3 is 0 Å². The lowest BCUT2D eigenvalue weighted by Gasteiger charge is -2.29. The van der Waals surface area contributed by atoms with E-state index in [4.69, 9.17) is 17.0 Å². The summed E-state index contributed by atoms with van der Waals surface area (Å²) in [5.74, 6) is 0.223. The highest BCUT2D eigenvalue weighted by molar-refractivity contribution is 7.80. The van der Waals surface area contributed by atoms with Crippen LogP contribution in [0.1, 0.15) is 19.3 Å². The standard InChI is InChI=1S/C14H23N5O2S/c20-13-3-1-5-18(13)11-12-15-16-14(22)19(12)6-2-4-17-7-9-21-10-8-17/h12H,1-11H2. The van der Waals surface area contributed by atoms with Gasteiger partial charge in [0.2, 0.25) is 11.0 Å². The maximum atomic E-state index is 11.8. The van der Waals surface area contributed by atoms with Crippen LogP contribution >= 0.6 is 12.2 Å². The first-order chi connectivity index (χ1) is 10.7. The molecule has 0 aromatic heterocycles. The van der Waals surface area contributed by atoms with Crippen LogP contribution in [0, 0.1) is 0 Å². The maximum absolute atomic E-state index is 11.8. The molecule has 2 saturated heterocycles. The quantitative estimate of drug-likeness (QED) is 0.673. The first-order valence-corrected chi connectivity index (χ1v) is 8.44. The van der Waals surface area contributed by atoms with E-state index in [-0.39, 0.29) is 12.1 Å². The average Bonchev–Trinajstić information content (AvgIpc) is 3.09. The van der Waals surface area contributed by atoms with Gasteiger partial charge in [0.05, 0.1) is 19.8 Å². The highest BCUT2D eigenvalue weighted by Crippen LogP contribution is 2.18. The zero-order valence-corrected chi connectivity index (χ0v) is 13.6. The number of amides is 1. The number of morpholine rings is 1. The monoisotopic (exact) mass is 325 g/mol. The molecule has 0 N–H and O–H groups in total. The number of carbonyl (C=O) groups is 1. The second kappa shape index (κ2) is 7.43. The summed E-state index contributed by atoms with van der Waals surface area (Å²) in [5.41, 5.74) is 0. The number of nitrogens with zero attached hydrogens (tertiary/aromatic N) is 5. The first-order valence-electron chi connectivity index (χ1n) is 8.03. The predicted molar refractivity (Wildman–Crippen MR) is 85.6 cm³/mol. The fourth-order valence-corrected chi connectivity index (χ4v) is 3.39. The molecule has 2 fully saturated rings. The van der Waals surface area contributed by atoms with Gasteiger partial charge in [-0.1, -0.05) is 0 Å². The number of hydrogen-bond acceptors (Lipinski definition) is 5. The Balaban J connectivity index is 1.45. The van der Waals surface area contributed by atoms with Crippen LogP contribution in [0.15, 0.2) is 10.2 Å². The van der Waals surface area contributed by atoms with E-state index in [9.17, 15) is 4.79 Å². The van der Waals surface area contributed by atoms with E-state index in [2.05, 4.69) is 20.0 Å². The molecule has 0 spiro atoms. The SMILES string of the molecule is O=C1CCCN1CC1N=NC(=S)N1CCCN1CCOCC1. The molecular weight excluding hydrogens is 302 g/mol. The van der Waals surface area contributed by atoms with Crippen molar-refractivity contribution in [2.45, 2.75) is 25.4 Å². The van der Waals surface area contributed by atoms with E-state index in [1.54, 1.807) is 0 Å². The lowest BCUT2D eigenvalue weighted by Crippen LogP contribution is -2.44. The minimum atomic E-state index is -0.0979. The van der Waals surface area contributed by atoms with E-state index in [0.29, 0.717) is 18.1 Å². The fraction of sp³-hybridized carbons (Fsp3) is 0.857. The number of carbonyl (C=O) groups excluding carboxylic acids is 1. The smallest absolute Gasteiger partial charge is 0.222 e. The van der Waals surface area contributed by atoms with Crippen molar-refractivity contribution in [2.75, 3.05) is 52.5 Å². The zero-order chi connectivity index (χ0) is 15.4. The molecule has 0 radical (unpaired) electrons. The number of rotatable bonds is 6. The Morgan fingerprint density at radius 1 is 1.23 bits per heavy atom. The average molecular weight is 325 g/mol. The Hall–Kier alpha value is -1.12. The molecule has 0 aliphatic carbocycles. The normalized spacial score (nSPS) is 26.5. The van der Waals surface area contributed by atoms with Crippen LogP contribution in [-0.4, -0.2) is 84.4 Å². The molecule has 0 saturated carbocycles. The highest BCUT2D eigenvalue weighted by atomic mass is 32.1. The van der Waals surface area contributed by atoms with Crippen molar-refractivity contribution in [3.8, 4) is 0 Å². The summed E-state index contributed by atoms with van der Waals surface area (Å²) in [6.07, 6.45) is 2.53. The Kier molecular flexibility index (Phi) is 5.32. The zero-order valence-electron chi connectivity index (χ0n) is 12.8. The van der Waals surface area contributed by atoms with Gasteiger partial charge in [0.25, 0.3) is 0 Å². The van der Waals surface area contributed by atoms with Crippen LogP contribution < -0.4 is 0 Å². The van der Waals surface area contributed by atoms with Crippen LogP contribution in [-0.2, 0) is 9.53 Å². The Morgan fingerprint density at radius 2 is 2.05 bits per heavy atom. The summed E-state index contributed by atoms with van der Waals surface area (Å²) in [5, 5.41) is 8.84. The summed E-state index contributed by atoms with van der Waals surface area (Å²) in [6, 6.07) is 0. The lowest BCUT2D eigenvalue weighted by molar-refractivity contribution is -0.128. The molecule has 1 atom stereocenters. The molecule has 0 aromatic rings. The van der Waals surface area contributed by atoms with Crippen molar-refractivity contribution < 1.29 is 9.53 Å². The molecule has 8 heteroatoms. The minimum Gasteiger partial charge on any atom is -0.379 e. The number of hydrogen-bond donors (Lipinski definition) is 0. The van der Waals surface area contributed by atoms with Gasteiger partial charge in [0.15, 0.2) is 6.17 Å². The Labute approximate surface area is 136 Å². The van der Waals surface area contributed by atoms with Crippen molar-refractivity contribution in [3.05, 3.63) is 0 Å². The predicted octanol–water partition coefficient (Wildman–Crippen LogP) is 0.710. The van der Waals surface area contributed by atoms with Crippen LogP contribution in [0.25, 0.3) is 0 Å². The molecule has 1 unspecified atom stereocenters. The van der Waals surface area contributed by atoms with Gasteiger partial charge in [0.1, 0.15) is 0 Å². The maximum Gasteiger partial charge on any atom is 0.222 e. The van der Waals surface area contributed by atoms with Gasteiger partial charge in [-0.2, -0.15) is 5.11 Å². The Morgan fingerprint density at radius 3 is 2.77 bits per heavy atom. The summed E-state index contributed by atoms with van der Waals surface area (Å²) >= 11 is 5.29. The number of thiocarbonyl (C=S) groups is 1. The molecule has 122 valence electrons. The van der Waals surface area contributed by atoms with Crippen LogP contribution in [0.5, 0.6) is 0 Å². The molecule has 3 rings (SSSR count). The van der Waals surface area contributed by atoms with Gasteiger partial charge in [-0.3, -0.25) is 9.69 Å². The number of azo groups is 1. The molecule has 3 heterocycles. The van der Waals surface area contributed by atoms with Crippen LogP contribution in [0.2, 0.25) is 0 Å². The second-order valence-electron chi connectivity index (χ2n) is 5.92. The Bertz CT molecular complexity index is 453. The van der Waals surface area contributed by atoms with E-state index < -0.39 is 0 Å². The summed E-state index contributed by atoms with van der Waals surface area (Å²) < 4.78 is 5.36. The van der Waals surface area contributed by atoms with Gasteiger partial charge in [-0.15, -0.1) is 5.11 Å². The topological polar surface area (TPSA) is 60.7 Å². The molecule has 1 amide bonds. The third-order valence-corrected chi connectivity index (χ3v) is 4.73. The molecule has 22 heavy (non-hydrogen) atoms. The second-order valence-corrected chi connectivity index (χ2v) is 6.29.